The summed E-state index contributed by atoms with van der Waals surface area (Å²) in [4.78, 5) is 19.3. The number of carbonyl (C=O) groups is 1. The highest BCUT2D eigenvalue weighted by atomic mass is 19.4. The molecule has 136 valence electrons. The Morgan fingerprint density at radius 1 is 1.31 bits per heavy atom. The third-order valence-electron chi connectivity index (χ3n) is 3.33. The minimum absolute atomic E-state index is 0.00809. The molecular weight excluding hydrogens is 358 g/mol. The number of pyridine rings is 2. The van der Waals surface area contributed by atoms with Crippen LogP contribution in [0.2, 0.25) is 0 Å². The van der Waals surface area contributed by atoms with Crippen molar-refractivity contribution < 1.29 is 27.1 Å². The zero-order valence-electron chi connectivity index (χ0n) is 13.2. The van der Waals surface area contributed by atoms with E-state index in [0.717, 1.165) is 25.3 Å². The fourth-order valence-corrected chi connectivity index (χ4v) is 2.26. The number of alkyl halides is 3. The number of nitrogens with one attached hydrogen (secondary N) is 1. The maximum Gasteiger partial charge on any atom is 0.408 e. The van der Waals surface area contributed by atoms with E-state index in [1.54, 1.807) is 0 Å². The van der Waals surface area contributed by atoms with Gasteiger partial charge < -0.3 is 10.1 Å². The summed E-state index contributed by atoms with van der Waals surface area (Å²) in [5.74, 6) is -1.33. The molecule has 0 saturated carbocycles. The van der Waals surface area contributed by atoms with Crippen LogP contribution in [0.1, 0.15) is 10.5 Å². The lowest BCUT2D eigenvalue weighted by molar-refractivity contribution is -0.141. The summed E-state index contributed by atoms with van der Waals surface area (Å²) in [6, 6.07) is 3.32. The number of halogens is 4. The highest BCUT2D eigenvalue weighted by Gasteiger charge is 2.30. The van der Waals surface area contributed by atoms with Crippen molar-refractivity contribution in [3.8, 4) is 0 Å². The summed E-state index contributed by atoms with van der Waals surface area (Å²) >= 11 is 0. The molecule has 3 aromatic heterocycles. The van der Waals surface area contributed by atoms with E-state index in [0.29, 0.717) is 4.68 Å². The number of hydrogen-bond acceptors (Lipinski definition) is 6. The van der Waals surface area contributed by atoms with Gasteiger partial charge >= 0.3 is 12.1 Å². The third kappa shape index (κ3) is 3.71. The van der Waals surface area contributed by atoms with Gasteiger partial charge in [-0.15, -0.1) is 0 Å². The molecule has 0 atom stereocenters. The average molecular weight is 369 g/mol. The predicted octanol–water partition coefficient (Wildman–Crippen LogP) is 3.06. The second-order valence-corrected chi connectivity index (χ2v) is 5.18. The molecule has 0 fully saturated rings. The summed E-state index contributed by atoms with van der Waals surface area (Å²) in [5, 5.41) is 6.71. The first kappa shape index (κ1) is 17.6. The summed E-state index contributed by atoms with van der Waals surface area (Å²) in [6.07, 6.45) is -2.16. The summed E-state index contributed by atoms with van der Waals surface area (Å²) in [7, 11) is 1.13. The number of nitrogens with zero attached hydrogens (tertiary/aromatic N) is 4. The van der Waals surface area contributed by atoms with Gasteiger partial charge in [-0.2, -0.15) is 18.3 Å². The fraction of sp³-hybridized carbons (Fsp3) is 0.200. The highest BCUT2D eigenvalue weighted by molar-refractivity contribution is 5.96. The molecule has 0 radical (unpaired) electrons. The molecule has 26 heavy (non-hydrogen) atoms. The van der Waals surface area contributed by atoms with E-state index in [4.69, 9.17) is 0 Å². The van der Waals surface area contributed by atoms with Crippen LogP contribution in [-0.4, -0.2) is 39.0 Å². The van der Waals surface area contributed by atoms with E-state index in [1.807, 2.05) is 0 Å². The number of hydrogen-bond donors (Lipinski definition) is 1. The summed E-state index contributed by atoms with van der Waals surface area (Å²) in [6.45, 7) is -1.38. The van der Waals surface area contributed by atoms with E-state index < -0.39 is 24.5 Å². The number of methoxy groups -OCH3 is 1. The lowest BCUT2D eigenvalue weighted by Crippen LogP contribution is -2.18. The Labute approximate surface area is 143 Å². The molecule has 0 saturated heterocycles. The molecule has 7 nitrogen and oxygen atoms in total. The minimum atomic E-state index is -4.54. The molecule has 0 spiro atoms. The molecule has 3 aromatic rings. The standard InChI is InChI=1S/C15H11F4N5O2/c1-26-14(25)10-5-11-9(6-21-10)13(23-24(11)7-15(17,18)19)22-12-4-8(16)2-3-20-12/h2-6H,7H2,1H3,(H,20,22,23). The van der Waals surface area contributed by atoms with Crippen molar-refractivity contribution in [2.24, 2.45) is 0 Å². The smallest absolute Gasteiger partial charge is 0.408 e. The molecule has 0 aromatic carbocycles. The normalized spacial score (nSPS) is 11.6. The van der Waals surface area contributed by atoms with E-state index >= 15 is 0 Å². The summed E-state index contributed by atoms with van der Waals surface area (Å²) in [5.41, 5.74) is -0.157. The average Bonchev–Trinajstić information content (AvgIpc) is 2.89. The first-order valence-corrected chi connectivity index (χ1v) is 7.17. The van der Waals surface area contributed by atoms with Crippen molar-refractivity contribution in [1.29, 1.82) is 0 Å². The number of anilines is 2. The van der Waals surface area contributed by atoms with Crippen LogP contribution < -0.4 is 5.32 Å². The molecule has 0 unspecified atom stereocenters. The van der Waals surface area contributed by atoms with Crippen molar-refractivity contribution in [1.82, 2.24) is 19.7 Å². The van der Waals surface area contributed by atoms with E-state index in [2.05, 4.69) is 25.1 Å². The predicted molar refractivity (Wildman–Crippen MR) is 82.4 cm³/mol. The van der Waals surface area contributed by atoms with E-state index in [1.165, 1.54) is 12.4 Å². The Morgan fingerprint density at radius 2 is 2.08 bits per heavy atom. The van der Waals surface area contributed by atoms with E-state index in [-0.39, 0.29) is 28.2 Å². The highest BCUT2D eigenvalue weighted by Crippen LogP contribution is 2.28. The SMILES string of the molecule is COC(=O)c1cc2c(cn1)c(Nc1cc(F)ccn1)nn2CC(F)(F)F. The van der Waals surface area contributed by atoms with Gasteiger partial charge in [-0.25, -0.2) is 19.2 Å². The van der Waals surface area contributed by atoms with Gasteiger partial charge in [0.15, 0.2) is 11.5 Å². The van der Waals surface area contributed by atoms with Crippen molar-refractivity contribution in [3.05, 3.63) is 42.1 Å². The molecule has 0 amide bonds. The Kier molecular flexibility index (Phi) is 4.45. The van der Waals surface area contributed by atoms with Gasteiger partial charge in [-0.1, -0.05) is 0 Å². The molecule has 0 aliphatic heterocycles. The minimum Gasteiger partial charge on any atom is -0.464 e. The van der Waals surface area contributed by atoms with Crippen molar-refractivity contribution in [3.63, 3.8) is 0 Å². The molecule has 11 heteroatoms. The van der Waals surface area contributed by atoms with Gasteiger partial charge in [0.05, 0.1) is 18.0 Å². The number of ether oxygens (including phenoxy) is 1. The maximum atomic E-state index is 13.3. The Bertz CT molecular complexity index is 970. The Balaban J connectivity index is 2.09. The van der Waals surface area contributed by atoms with Crippen molar-refractivity contribution in [2.45, 2.75) is 12.7 Å². The van der Waals surface area contributed by atoms with Crippen LogP contribution in [-0.2, 0) is 11.3 Å². The van der Waals surface area contributed by atoms with Crippen LogP contribution >= 0.6 is 0 Å². The first-order chi connectivity index (χ1) is 12.3. The fourth-order valence-electron chi connectivity index (χ4n) is 2.26. The number of rotatable bonds is 4. The molecule has 3 heterocycles. The van der Waals surface area contributed by atoms with Crippen LogP contribution in [0.5, 0.6) is 0 Å². The van der Waals surface area contributed by atoms with Crippen LogP contribution in [0.25, 0.3) is 10.9 Å². The van der Waals surface area contributed by atoms with Crippen LogP contribution in [0.3, 0.4) is 0 Å². The van der Waals surface area contributed by atoms with Crippen molar-refractivity contribution in [2.75, 3.05) is 12.4 Å². The van der Waals surface area contributed by atoms with Crippen LogP contribution in [0, 0.1) is 5.82 Å². The van der Waals surface area contributed by atoms with Gasteiger partial charge in [-0.05, 0) is 12.1 Å². The molecule has 0 aliphatic rings. The first-order valence-electron chi connectivity index (χ1n) is 7.17. The number of carbonyl (C=O) groups excluding carboxylic acids is 1. The molecular formula is C15H11F4N5O2. The van der Waals surface area contributed by atoms with Gasteiger partial charge in [0.1, 0.15) is 18.2 Å². The quantitative estimate of drug-likeness (QED) is 0.562. The van der Waals surface area contributed by atoms with Crippen molar-refractivity contribution >= 4 is 28.5 Å². The number of fused-ring (bicyclic) bond motifs is 1. The summed E-state index contributed by atoms with van der Waals surface area (Å²) < 4.78 is 57.0. The molecule has 0 aliphatic carbocycles. The Morgan fingerprint density at radius 3 is 2.73 bits per heavy atom. The molecule has 1 N–H and O–H groups in total. The Hall–Kier alpha value is -3.24. The second kappa shape index (κ2) is 6.58. The zero-order chi connectivity index (χ0) is 18.9. The zero-order valence-corrected chi connectivity index (χ0v) is 13.2. The molecule has 0 bridgehead atoms. The van der Waals surface area contributed by atoms with E-state index in [9.17, 15) is 22.4 Å². The van der Waals surface area contributed by atoms with Gasteiger partial charge in [0, 0.05) is 18.5 Å². The van der Waals surface area contributed by atoms with Gasteiger partial charge in [0.25, 0.3) is 0 Å². The number of esters is 1. The van der Waals surface area contributed by atoms with Gasteiger partial charge in [-0.3, -0.25) is 4.68 Å². The number of aromatic nitrogens is 4. The van der Waals surface area contributed by atoms with Gasteiger partial charge in [0.2, 0.25) is 0 Å². The largest absolute Gasteiger partial charge is 0.464 e. The lowest BCUT2D eigenvalue weighted by atomic mass is 10.2. The lowest BCUT2D eigenvalue weighted by Gasteiger charge is -2.07. The maximum absolute atomic E-state index is 13.3. The van der Waals surface area contributed by atoms with Crippen LogP contribution in [0.4, 0.5) is 29.2 Å². The van der Waals surface area contributed by atoms with Crippen LogP contribution in [0.15, 0.2) is 30.6 Å². The molecule has 3 rings (SSSR count). The third-order valence-corrected chi connectivity index (χ3v) is 3.33. The monoisotopic (exact) mass is 369 g/mol. The topological polar surface area (TPSA) is 81.9 Å². The second-order valence-electron chi connectivity index (χ2n) is 5.18.